The lowest BCUT2D eigenvalue weighted by atomic mass is 10.1. The van der Waals surface area contributed by atoms with Gasteiger partial charge in [-0.25, -0.2) is 0 Å². The molecule has 0 aliphatic carbocycles. The average Bonchev–Trinajstić information content (AvgIpc) is 2.82. The zero-order valence-electron chi connectivity index (χ0n) is 18.1. The Labute approximate surface area is 185 Å². The van der Waals surface area contributed by atoms with Crippen molar-refractivity contribution in [3.63, 3.8) is 0 Å². The van der Waals surface area contributed by atoms with Gasteiger partial charge in [0.15, 0.2) is 17.3 Å². The van der Waals surface area contributed by atoms with Crippen molar-refractivity contribution in [1.82, 2.24) is 0 Å². The third kappa shape index (κ3) is 7.78. The number of rotatable bonds is 12. The first-order valence-corrected chi connectivity index (χ1v) is 10.9. The number of allylic oxidation sites excluding steroid dienone is 1. The molecule has 3 rings (SSSR count). The second-order valence-electron chi connectivity index (χ2n) is 7.51. The lowest BCUT2D eigenvalue weighted by Crippen LogP contribution is -2.01. The van der Waals surface area contributed by atoms with Gasteiger partial charge in [0.25, 0.3) is 0 Å². The van der Waals surface area contributed by atoms with Crippen molar-refractivity contribution < 1.29 is 14.3 Å². The Morgan fingerprint density at radius 1 is 0.774 bits per heavy atom. The molecule has 0 N–H and O–H groups in total. The number of carbonyl (C=O) groups excluding carboxylic acids is 1. The normalized spacial score (nSPS) is 10.9. The van der Waals surface area contributed by atoms with Gasteiger partial charge >= 0.3 is 0 Å². The second kappa shape index (κ2) is 12.4. The molecule has 0 unspecified atom stereocenters. The van der Waals surface area contributed by atoms with Crippen LogP contribution in [0.15, 0.2) is 84.9 Å². The Kier molecular flexibility index (Phi) is 8.93. The molecular weight excluding hydrogens is 384 g/mol. The molecule has 0 aliphatic heterocycles. The molecule has 3 nitrogen and oxygen atoms in total. The third-order valence-electron chi connectivity index (χ3n) is 4.93. The Morgan fingerprint density at radius 3 is 2.00 bits per heavy atom. The lowest BCUT2D eigenvalue weighted by molar-refractivity contribution is -0.114. The number of unbranched alkanes of at least 4 members (excludes halogenated alkanes) is 2. The molecule has 3 heteroatoms. The first kappa shape index (κ1) is 22.4. The minimum absolute atomic E-state index is 0.157. The van der Waals surface area contributed by atoms with Gasteiger partial charge in [-0.3, -0.25) is 4.79 Å². The Hall–Kier alpha value is -3.33. The van der Waals surface area contributed by atoms with E-state index in [1.54, 1.807) is 6.08 Å². The van der Waals surface area contributed by atoms with E-state index in [9.17, 15) is 4.79 Å². The minimum atomic E-state index is 0.157. The van der Waals surface area contributed by atoms with Crippen LogP contribution in [0.25, 0.3) is 6.08 Å². The highest BCUT2D eigenvalue weighted by Gasteiger charge is 2.08. The van der Waals surface area contributed by atoms with Crippen molar-refractivity contribution in [1.29, 1.82) is 0 Å². The quantitative estimate of drug-likeness (QED) is 0.236. The van der Waals surface area contributed by atoms with Crippen LogP contribution < -0.4 is 9.47 Å². The van der Waals surface area contributed by atoms with E-state index in [1.807, 2.05) is 84.9 Å². The molecule has 0 saturated carbocycles. The first-order chi connectivity index (χ1) is 15.2. The summed E-state index contributed by atoms with van der Waals surface area (Å²) in [4.78, 5) is 12.1. The Balaban J connectivity index is 1.71. The predicted molar refractivity (Wildman–Crippen MR) is 126 cm³/mol. The van der Waals surface area contributed by atoms with E-state index in [2.05, 4.69) is 6.92 Å². The summed E-state index contributed by atoms with van der Waals surface area (Å²) in [6, 6.07) is 25.9. The Bertz CT molecular complexity index is 962. The fourth-order valence-corrected chi connectivity index (χ4v) is 3.15. The summed E-state index contributed by atoms with van der Waals surface area (Å²) >= 11 is 0. The minimum Gasteiger partial charge on any atom is -0.485 e. The molecule has 0 amide bonds. The second-order valence-corrected chi connectivity index (χ2v) is 7.51. The number of ketones is 1. The lowest BCUT2D eigenvalue weighted by Gasteiger charge is -2.14. The molecule has 0 bridgehead atoms. The standard InChI is InChI=1S/C28H30O3/c1-2-3-6-15-26(29)18-16-23-17-19-27(30-21-24-11-7-4-8-12-24)28(20-23)31-22-25-13-9-5-10-14-25/h4-5,7-14,16-20H,2-3,6,15,21-22H2,1H3/b18-16+. The van der Waals surface area contributed by atoms with Gasteiger partial charge < -0.3 is 9.47 Å². The fraction of sp³-hybridized carbons (Fsp3) is 0.250. The predicted octanol–water partition coefficient (Wildman–Crippen LogP) is 7.01. The molecule has 3 aromatic carbocycles. The summed E-state index contributed by atoms with van der Waals surface area (Å²) in [5, 5.41) is 0. The summed E-state index contributed by atoms with van der Waals surface area (Å²) in [6.45, 7) is 3.05. The van der Waals surface area contributed by atoms with Crippen LogP contribution in [0, 0.1) is 0 Å². The van der Waals surface area contributed by atoms with Crippen molar-refractivity contribution in [3.8, 4) is 11.5 Å². The highest BCUT2D eigenvalue weighted by molar-refractivity contribution is 5.93. The molecule has 0 aliphatic rings. The van der Waals surface area contributed by atoms with Gasteiger partial charge in [-0.05, 0) is 41.3 Å². The van der Waals surface area contributed by atoms with Gasteiger partial charge in [0.05, 0.1) is 0 Å². The molecule has 0 aromatic heterocycles. The summed E-state index contributed by atoms with van der Waals surface area (Å²) in [5.41, 5.74) is 3.10. The van der Waals surface area contributed by atoms with Gasteiger partial charge in [-0.2, -0.15) is 0 Å². The maximum absolute atomic E-state index is 12.1. The Morgan fingerprint density at radius 2 is 1.39 bits per heavy atom. The van der Waals surface area contributed by atoms with Gasteiger partial charge in [0.2, 0.25) is 0 Å². The van der Waals surface area contributed by atoms with Gasteiger partial charge in [-0.15, -0.1) is 0 Å². The molecule has 0 saturated heterocycles. The maximum Gasteiger partial charge on any atom is 0.162 e. The summed E-state index contributed by atoms with van der Waals surface area (Å²) in [7, 11) is 0. The van der Waals surface area contributed by atoms with Crippen molar-refractivity contribution in [2.75, 3.05) is 0 Å². The molecule has 0 radical (unpaired) electrons. The highest BCUT2D eigenvalue weighted by atomic mass is 16.5. The SMILES string of the molecule is CCCCCC(=O)/C=C/c1ccc(OCc2ccccc2)c(OCc2ccccc2)c1. The average molecular weight is 415 g/mol. The largest absolute Gasteiger partial charge is 0.485 e. The van der Waals surface area contributed by atoms with Crippen molar-refractivity contribution >= 4 is 11.9 Å². The third-order valence-corrected chi connectivity index (χ3v) is 4.93. The van der Waals surface area contributed by atoms with Crippen molar-refractivity contribution in [2.45, 2.75) is 45.8 Å². The molecule has 0 atom stereocenters. The molecular formula is C28H30O3. The fourth-order valence-electron chi connectivity index (χ4n) is 3.15. The van der Waals surface area contributed by atoms with E-state index in [-0.39, 0.29) is 5.78 Å². The number of benzene rings is 3. The van der Waals surface area contributed by atoms with Crippen molar-refractivity contribution in [3.05, 3.63) is 102 Å². The van der Waals surface area contributed by atoms with Crippen LogP contribution in [0.2, 0.25) is 0 Å². The van der Waals surface area contributed by atoms with Crippen LogP contribution in [0.3, 0.4) is 0 Å². The molecule has 31 heavy (non-hydrogen) atoms. The van der Waals surface area contributed by atoms with E-state index < -0.39 is 0 Å². The first-order valence-electron chi connectivity index (χ1n) is 10.9. The summed E-state index contributed by atoms with van der Waals surface area (Å²) < 4.78 is 12.1. The zero-order valence-corrected chi connectivity index (χ0v) is 18.1. The highest BCUT2D eigenvalue weighted by Crippen LogP contribution is 2.30. The number of hydrogen-bond donors (Lipinski definition) is 0. The van der Waals surface area contributed by atoms with Crippen LogP contribution in [0.5, 0.6) is 11.5 Å². The van der Waals surface area contributed by atoms with E-state index in [1.165, 1.54) is 0 Å². The maximum atomic E-state index is 12.1. The van der Waals surface area contributed by atoms with Gasteiger partial charge in [-0.1, -0.05) is 92.6 Å². The summed E-state index contributed by atoms with van der Waals surface area (Å²) in [5.74, 6) is 1.51. The van der Waals surface area contributed by atoms with Crippen LogP contribution in [-0.2, 0) is 18.0 Å². The monoisotopic (exact) mass is 414 g/mol. The zero-order chi connectivity index (χ0) is 21.7. The topological polar surface area (TPSA) is 35.5 Å². The van der Waals surface area contributed by atoms with E-state index >= 15 is 0 Å². The van der Waals surface area contributed by atoms with Gasteiger partial charge in [0.1, 0.15) is 13.2 Å². The number of hydrogen-bond acceptors (Lipinski definition) is 3. The van der Waals surface area contributed by atoms with Crippen LogP contribution in [-0.4, -0.2) is 5.78 Å². The van der Waals surface area contributed by atoms with E-state index in [0.29, 0.717) is 31.1 Å². The molecule has 3 aromatic rings. The van der Waals surface area contributed by atoms with Crippen LogP contribution in [0.1, 0.15) is 49.3 Å². The van der Waals surface area contributed by atoms with E-state index in [0.717, 1.165) is 36.0 Å². The molecule has 160 valence electrons. The summed E-state index contributed by atoms with van der Waals surface area (Å²) in [6.07, 6.45) is 7.26. The van der Waals surface area contributed by atoms with Crippen LogP contribution >= 0.6 is 0 Å². The van der Waals surface area contributed by atoms with E-state index in [4.69, 9.17) is 9.47 Å². The van der Waals surface area contributed by atoms with Crippen LogP contribution in [0.4, 0.5) is 0 Å². The smallest absolute Gasteiger partial charge is 0.162 e. The number of carbonyl (C=O) groups is 1. The van der Waals surface area contributed by atoms with Crippen molar-refractivity contribution in [2.24, 2.45) is 0 Å². The molecule has 0 fully saturated rings. The molecule has 0 spiro atoms. The number of ether oxygens (including phenoxy) is 2. The van der Waals surface area contributed by atoms with Gasteiger partial charge in [0, 0.05) is 6.42 Å². The molecule has 0 heterocycles.